The molecule has 138 valence electrons. The number of aliphatic carboxylic acids is 1. The Hall–Kier alpha value is -3.66. The summed E-state index contributed by atoms with van der Waals surface area (Å²) in [6.45, 7) is 0.214. The highest BCUT2D eigenvalue weighted by atomic mass is 16.4. The molecule has 27 heavy (non-hydrogen) atoms. The molecule has 0 heterocycles. The molecular weight excluding hydrogens is 346 g/mol. The lowest BCUT2D eigenvalue weighted by Gasteiger charge is -2.18. The van der Waals surface area contributed by atoms with E-state index >= 15 is 0 Å². The van der Waals surface area contributed by atoms with Gasteiger partial charge in [0.2, 0.25) is 11.8 Å². The smallest absolute Gasteiger partial charge is 0.328 e. The highest BCUT2D eigenvalue weighted by molar-refractivity contribution is 5.94. The lowest BCUT2D eigenvalue weighted by Crippen LogP contribution is -2.37. The molecule has 0 aromatic heterocycles. The van der Waals surface area contributed by atoms with Crippen LogP contribution in [0.2, 0.25) is 0 Å². The van der Waals surface area contributed by atoms with Crippen LogP contribution >= 0.6 is 0 Å². The summed E-state index contributed by atoms with van der Waals surface area (Å²) in [5, 5.41) is 24.4. The average molecular weight is 365 g/mol. The van der Waals surface area contributed by atoms with Gasteiger partial charge >= 0.3 is 5.97 Å². The third-order valence-corrected chi connectivity index (χ3v) is 3.89. The van der Waals surface area contributed by atoms with Gasteiger partial charge < -0.3 is 15.7 Å². The molecule has 3 N–H and O–H groups in total. The van der Waals surface area contributed by atoms with E-state index in [4.69, 9.17) is 10.4 Å². The topological polar surface area (TPSA) is 119 Å². The van der Waals surface area contributed by atoms with Crippen molar-refractivity contribution in [1.82, 2.24) is 10.6 Å². The summed E-state index contributed by atoms with van der Waals surface area (Å²) in [6, 6.07) is 15.2. The summed E-state index contributed by atoms with van der Waals surface area (Å²) in [6.07, 6.45) is 1.81. The van der Waals surface area contributed by atoms with Gasteiger partial charge in [-0.3, -0.25) is 9.59 Å². The van der Waals surface area contributed by atoms with E-state index in [9.17, 15) is 14.4 Å². The van der Waals surface area contributed by atoms with Crippen molar-refractivity contribution in [3.63, 3.8) is 0 Å². The standard InChI is InChI=1S/C20H19N3O4/c21-10-3-11-22-20(27)17(13-23-18(24)8-9-19(25)26)16-7-6-14-4-1-2-5-15(14)12-16/h1-2,4-9,12,17H,3,11,13H2,(H,22,27)(H,23,24)(H,25,26). The Kier molecular flexibility index (Phi) is 7.08. The number of fused-ring (bicyclic) bond motifs is 1. The summed E-state index contributed by atoms with van der Waals surface area (Å²) >= 11 is 0. The first-order valence-corrected chi connectivity index (χ1v) is 8.33. The molecule has 0 radical (unpaired) electrons. The number of benzene rings is 2. The molecule has 2 aromatic carbocycles. The molecule has 2 aromatic rings. The molecule has 0 saturated heterocycles. The zero-order chi connectivity index (χ0) is 19.6. The van der Waals surface area contributed by atoms with Gasteiger partial charge in [0.1, 0.15) is 0 Å². The maximum atomic E-state index is 12.5. The molecule has 0 saturated carbocycles. The molecule has 7 nitrogen and oxygen atoms in total. The third kappa shape index (κ3) is 5.97. The van der Waals surface area contributed by atoms with E-state index in [-0.39, 0.29) is 25.4 Å². The SMILES string of the molecule is N#CCCNC(=O)C(CNC(=O)C=CC(=O)O)c1ccc2ccccc2c1. The van der Waals surface area contributed by atoms with E-state index in [2.05, 4.69) is 10.6 Å². The zero-order valence-corrected chi connectivity index (χ0v) is 14.5. The van der Waals surface area contributed by atoms with Crippen molar-refractivity contribution < 1.29 is 19.5 Å². The van der Waals surface area contributed by atoms with Gasteiger partial charge in [-0.15, -0.1) is 0 Å². The van der Waals surface area contributed by atoms with Crippen molar-refractivity contribution in [2.24, 2.45) is 0 Å². The van der Waals surface area contributed by atoms with Crippen molar-refractivity contribution in [2.75, 3.05) is 13.1 Å². The van der Waals surface area contributed by atoms with Crippen LogP contribution < -0.4 is 10.6 Å². The number of hydrogen-bond acceptors (Lipinski definition) is 4. The highest BCUT2D eigenvalue weighted by Crippen LogP contribution is 2.22. The van der Waals surface area contributed by atoms with Gasteiger partial charge in [0.15, 0.2) is 0 Å². The molecule has 0 bridgehead atoms. The molecule has 1 unspecified atom stereocenters. The van der Waals surface area contributed by atoms with E-state index in [1.54, 1.807) is 0 Å². The minimum atomic E-state index is -1.23. The van der Waals surface area contributed by atoms with E-state index in [1.165, 1.54) is 0 Å². The van der Waals surface area contributed by atoms with Crippen LogP contribution in [0.4, 0.5) is 0 Å². The van der Waals surface area contributed by atoms with Crippen molar-refractivity contribution in [3.8, 4) is 6.07 Å². The Morgan fingerprint density at radius 3 is 2.52 bits per heavy atom. The summed E-state index contributed by atoms with van der Waals surface area (Å²) in [7, 11) is 0. The fourth-order valence-corrected chi connectivity index (χ4v) is 2.56. The fourth-order valence-electron chi connectivity index (χ4n) is 2.56. The molecule has 2 amide bonds. The number of amides is 2. The Bertz CT molecular complexity index is 915. The van der Waals surface area contributed by atoms with Gasteiger partial charge in [0.05, 0.1) is 18.4 Å². The van der Waals surface area contributed by atoms with Crippen molar-refractivity contribution in [2.45, 2.75) is 12.3 Å². The summed E-state index contributed by atoms with van der Waals surface area (Å²) in [5.74, 6) is -2.82. The van der Waals surface area contributed by atoms with E-state index < -0.39 is 17.8 Å². The minimum absolute atomic E-state index is 0.000477. The Balaban J connectivity index is 2.19. The first-order chi connectivity index (χ1) is 13.0. The first kappa shape index (κ1) is 19.7. The molecular formula is C20H19N3O4. The lowest BCUT2D eigenvalue weighted by molar-refractivity contribution is -0.131. The van der Waals surface area contributed by atoms with Crippen LogP contribution in [-0.4, -0.2) is 36.0 Å². The Morgan fingerprint density at radius 1 is 1.07 bits per heavy atom. The van der Waals surface area contributed by atoms with Crippen molar-refractivity contribution >= 4 is 28.6 Å². The number of carboxylic acids is 1. The van der Waals surface area contributed by atoms with E-state index in [0.717, 1.165) is 22.9 Å². The van der Waals surface area contributed by atoms with Crippen LogP contribution in [0, 0.1) is 11.3 Å². The second-order valence-electron chi connectivity index (χ2n) is 5.78. The second-order valence-corrected chi connectivity index (χ2v) is 5.78. The third-order valence-electron chi connectivity index (χ3n) is 3.89. The van der Waals surface area contributed by atoms with E-state index in [1.807, 2.05) is 48.5 Å². The minimum Gasteiger partial charge on any atom is -0.478 e. The molecule has 0 aliphatic heterocycles. The number of carbonyl (C=O) groups excluding carboxylic acids is 2. The number of carbonyl (C=O) groups is 3. The molecule has 0 aliphatic rings. The van der Waals surface area contributed by atoms with Gasteiger partial charge in [-0.25, -0.2) is 4.79 Å². The molecule has 1 atom stereocenters. The van der Waals surface area contributed by atoms with Gasteiger partial charge in [0.25, 0.3) is 0 Å². The maximum Gasteiger partial charge on any atom is 0.328 e. The van der Waals surface area contributed by atoms with Gasteiger partial charge in [0, 0.05) is 25.2 Å². The Morgan fingerprint density at radius 2 is 1.81 bits per heavy atom. The van der Waals surface area contributed by atoms with Crippen LogP contribution in [0.25, 0.3) is 10.8 Å². The van der Waals surface area contributed by atoms with Crippen LogP contribution in [0.5, 0.6) is 0 Å². The highest BCUT2D eigenvalue weighted by Gasteiger charge is 2.21. The number of nitrogens with one attached hydrogen (secondary N) is 2. The van der Waals surface area contributed by atoms with Gasteiger partial charge in [-0.2, -0.15) is 5.26 Å². The second kappa shape index (κ2) is 9.73. The van der Waals surface area contributed by atoms with E-state index in [0.29, 0.717) is 5.56 Å². The number of hydrogen-bond donors (Lipinski definition) is 3. The number of carboxylic acid groups (broad SMARTS) is 1. The van der Waals surface area contributed by atoms with Crippen LogP contribution in [0.15, 0.2) is 54.6 Å². The van der Waals surface area contributed by atoms with Crippen LogP contribution in [0.3, 0.4) is 0 Å². The van der Waals surface area contributed by atoms with Crippen molar-refractivity contribution in [1.29, 1.82) is 5.26 Å². The predicted molar refractivity (Wildman–Crippen MR) is 99.7 cm³/mol. The maximum absolute atomic E-state index is 12.5. The number of nitriles is 1. The first-order valence-electron chi connectivity index (χ1n) is 8.33. The number of rotatable bonds is 8. The summed E-state index contributed by atoms with van der Waals surface area (Å²) in [5.41, 5.74) is 0.714. The monoisotopic (exact) mass is 365 g/mol. The van der Waals surface area contributed by atoms with Crippen molar-refractivity contribution in [3.05, 3.63) is 60.2 Å². The normalized spacial score (nSPS) is 11.7. The summed E-state index contributed by atoms with van der Waals surface area (Å²) < 4.78 is 0. The van der Waals surface area contributed by atoms with Crippen LogP contribution in [-0.2, 0) is 14.4 Å². The Labute approximate surface area is 156 Å². The zero-order valence-electron chi connectivity index (χ0n) is 14.5. The molecule has 0 aliphatic carbocycles. The predicted octanol–water partition coefficient (Wildman–Crippen LogP) is 1.71. The molecule has 0 fully saturated rings. The molecule has 7 heteroatoms. The lowest BCUT2D eigenvalue weighted by atomic mass is 9.95. The number of nitrogens with zero attached hydrogens (tertiary/aromatic N) is 1. The average Bonchev–Trinajstić information content (AvgIpc) is 2.66. The quantitative estimate of drug-likeness (QED) is 0.486. The van der Waals surface area contributed by atoms with Gasteiger partial charge in [-0.1, -0.05) is 42.5 Å². The largest absolute Gasteiger partial charge is 0.478 e. The van der Waals surface area contributed by atoms with Crippen LogP contribution in [0.1, 0.15) is 17.9 Å². The van der Waals surface area contributed by atoms with Gasteiger partial charge in [-0.05, 0) is 16.3 Å². The molecule has 2 rings (SSSR count). The molecule has 0 spiro atoms. The fraction of sp³-hybridized carbons (Fsp3) is 0.200. The summed E-state index contributed by atoms with van der Waals surface area (Å²) in [4.78, 5) is 34.8.